The molecule has 0 fully saturated rings. The lowest BCUT2D eigenvalue weighted by molar-refractivity contribution is 0.0523. The molecule has 16 heavy (non-hydrogen) atoms. The predicted octanol–water partition coefficient (Wildman–Crippen LogP) is 1.70. The maximum absolute atomic E-state index is 11.9. The van der Waals surface area contributed by atoms with Gasteiger partial charge in [0.25, 0.3) is 5.56 Å². The summed E-state index contributed by atoms with van der Waals surface area (Å²) in [5.74, 6) is -0.642. The van der Waals surface area contributed by atoms with Gasteiger partial charge in [-0.3, -0.25) is 9.20 Å². The number of carbonyl (C=O) groups is 1. The summed E-state index contributed by atoms with van der Waals surface area (Å²) in [4.78, 5) is 27.8. The first-order valence-corrected chi connectivity index (χ1v) is 6.08. The van der Waals surface area contributed by atoms with Crippen molar-refractivity contribution in [3.8, 4) is 0 Å². The molecule has 0 saturated carbocycles. The average molecular weight is 303 g/mol. The van der Waals surface area contributed by atoms with Crippen LogP contribution in [-0.4, -0.2) is 22.0 Å². The van der Waals surface area contributed by atoms with E-state index in [9.17, 15) is 9.59 Å². The number of rotatable bonds is 2. The molecule has 2 aromatic rings. The number of hydrogen-bond acceptors (Lipinski definition) is 5. The summed E-state index contributed by atoms with van der Waals surface area (Å²) >= 11 is 4.57. The Hall–Kier alpha value is -1.21. The molecule has 0 bridgehead atoms. The minimum Gasteiger partial charge on any atom is -0.462 e. The van der Waals surface area contributed by atoms with Crippen LogP contribution in [-0.2, 0) is 4.74 Å². The van der Waals surface area contributed by atoms with Gasteiger partial charge < -0.3 is 4.74 Å². The number of fused-ring (bicyclic) bond motifs is 1. The van der Waals surface area contributed by atoms with Crippen molar-refractivity contribution in [3.63, 3.8) is 0 Å². The van der Waals surface area contributed by atoms with Gasteiger partial charge in [-0.1, -0.05) is 11.3 Å². The summed E-state index contributed by atoms with van der Waals surface area (Å²) in [6.45, 7) is 1.91. The smallest absolute Gasteiger partial charge is 0.345 e. The van der Waals surface area contributed by atoms with E-state index >= 15 is 0 Å². The van der Waals surface area contributed by atoms with Crippen molar-refractivity contribution >= 4 is 38.2 Å². The fourth-order valence-corrected chi connectivity index (χ4v) is 2.52. The van der Waals surface area contributed by atoms with E-state index in [1.54, 1.807) is 13.1 Å². The van der Waals surface area contributed by atoms with Crippen LogP contribution in [0.25, 0.3) is 4.96 Å². The second-order valence-corrected chi connectivity index (χ2v) is 5.27. The third-order valence-electron chi connectivity index (χ3n) is 1.87. The fraction of sp³-hybridized carbons (Fsp3) is 0.222. The van der Waals surface area contributed by atoms with Crippen LogP contribution in [0.1, 0.15) is 17.3 Å². The molecule has 0 saturated heterocycles. The van der Waals surface area contributed by atoms with E-state index in [4.69, 9.17) is 4.74 Å². The molecule has 0 N–H and O–H groups in total. The van der Waals surface area contributed by atoms with Crippen LogP contribution in [0.15, 0.2) is 21.0 Å². The Morgan fingerprint density at radius 1 is 1.69 bits per heavy atom. The van der Waals surface area contributed by atoms with Crippen molar-refractivity contribution in [2.45, 2.75) is 6.92 Å². The summed E-state index contributed by atoms with van der Waals surface area (Å²) < 4.78 is 6.86. The van der Waals surface area contributed by atoms with Crippen LogP contribution in [0.4, 0.5) is 0 Å². The molecule has 2 heterocycles. The number of halogens is 1. The van der Waals surface area contributed by atoms with Crippen molar-refractivity contribution in [3.05, 3.63) is 32.1 Å². The second kappa shape index (κ2) is 4.34. The minimum absolute atomic E-state index is 0.0512. The summed E-state index contributed by atoms with van der Waals surface area (Å²) in [5.41, 5.74) is -0.463. The van der Waals surface area contributed by atoms with Crippen LogP contribution in [0.3, 0.4) is 0 Å². The van der Waals surface area contributed by atoms with E-state index < -0.39 is 11.5 Å². The summed E-state index contributed by atoms with van der Waals surface area (Å²) in [5, 5.41) is 0. The monoisotopic (exact) mass is 302 g/mol. The zero-order valence-corrected chi connectivity index (χ0v) is 10.7. The van der Waals surface area contributed by atoms with Gasteiger partial charge >= 0.3 is 5.97 Å². The molecule has 0 aliphatic heterocycles. The summed E-state index contributed by atoms with van der Waals surface area (Å²) in [7, 11) is 0. The van der Waals surface area contributed by atoms with Crippen molar-refractivity contribution < 1.29 is 9.53 Å². The quantitative estimate of drug-likeness (QED) is 0.792. The van der Waals surface area contributed by atoms with Crippen LogP contribution in [0.5, 0.6) is 0 Å². The largest absolute Gasteiger partial charge is 0.462 e. The van der Waals surface area contributed by atoms with Gasteiger partial charge in [-0.05, 0) is 22.9 Å². The zero-order chi connectivity index (χ0) is 11.7. The SMILES string of the molecule is CCOC(=O)c1cnc2sc(Br)cn2c1=O. The van der Waals surface area contributed by atoms with Gasteiger partial charge in [0, 0.05) is 6.20 Å². The lowest BCUT2D eigenvalue weighted by Gasteiger charge is -2.00. The van der Waals surface area contributed by atoms with E-state index in [0.717, 1.165) is 3.79 Å². The Balaban J connectivity index is 2.60. The van der Waals surface area contributed by atoms with Gasteiger partial charge in [-0.15, -0.1) is 0 Å². The van der Waals surface area contributed by atoms with E-state index in [0.29, 0.717) is 4.96 Å². The molecule has 2 rings (SSSR count). The molecular weight excluding hydrogens is 296 g/mol. The molecule has 0 spiro atoms. The molecule has 5 nitrogen and oxygen atoms in total. The van der Waals surface area contributed by atoms with E-state index in [1.165, 1.54) is 21.9 Å². The van der Waals surface area contributed by atoms with Gasteiger partial charge in [-0.25, -0.2) is 9.78 Å². The Labute approximate surface area is 103 Å². The minimum atomic E-state index is -0.642. The number of ether oxygens (including phenoxy) is 1. The molecule has 0 amide bonds. The van der Waals surface area contributed by atoms with Crippen molar-refractivity contribution in [1.29, 1.82) is 0 Å². The Bertz CT molecular complexity index is 604. The fourth-order valence-electron chi connectivity index (χ4n) is 1.21. The highest BCUT2D eigenvalue weighted by Gasteiger charge is 2.15. The molecule has 7 heteroatoms. The summed E-state index contributed by atoms with van der Waals surface area (Å²) in [6, 6.07) is 0. The molecule has 0 aliphatic carbocycles. The second-order valence-electron chi connectivity index (χ2n) is 2.89. The van der Waals surface area contributed by atoms with Gasteiger partial charge in [0.15, 0.2) is 4.96 Å². The van der Waals surface area contributed by atoms with Gasteiger partial charge in [0.2, 0.25) is 0 Å². The van der Waals surface area contributed by atoms with E-state index in [-0.39, 0.29) is 12.2 Å². The van der Waals surface area contributed by atoms with Gasteiger partial charge in [0.1, 0.15) is 5.56 Å². The van der Waals surface area contributed by atoms with Crippen molar-refractivity contribution in [1.82, 2.24) is 9.38 Å². The number of hydrogen-bond donors (Lipinski definition) is 0. The van der Waals surface area contributed by atoms with E-state index in [1.807, 2.05) is 0 Å². The number of thiazole rings is 1. The first-order valence-electron chi connectivity index (χ1n) is 4.47. The molecular formula is C9H7BrN2O3S. The van der Waals surface area contributed by atoms with Crippen LogP contribution in [0, 0.1) is 0 Å². The molecule has 0 unspecified atom stereocenters. The maximum Gasteiger partial charge on any atom is 0.345 e. The highest BCUT2D eigenvalue weighted by molar-refractivity contribution is 9.11. The van der Waals surface area contributed by atoms with E-state index in [2.05, 4.69) is 20.9 Å². The number of aromatic nitrogens is 2. The molecule has 0 atom stereocenters. The van der Waals surface area contributed by atoms with Gasteiger partial charge in [-0.2, -0.15) is 0 Å². The zero-order valence-electron chi connectivity index (χ0n) is 8.27. The molecule has 0 aromatic carbocycles. The topological polar surface area (TPSA) is 60.7 Å². The van der Waals surface area contributed by atoms with Crippen molar-refractivity contribution in [2.24, 2.45) is 0 Å². The predicted molar refractivity (Wildman–Crippen MR) is 63.0 cm³/mol. The number of nitrogens with zero attached hydrogens (tertiary/aromatic N) is 2. The highest BCUT2D eigenvalue weighted by Crippen LogP contribution is 2.20. The standard InChI is InChI=1S/C9H7BrN2O3S/c1-2-15-8(14)5-3-11-9-12(7(5)13)4-6(10)16-9/h3-4H,2H2,1H3. The normalized spacial score (nSPS) is 10.6. The average Bonchev–Trinajstić information content (AvgIpc) is 2.60. The molecule has 84 valence electrons. The first-order chi connectivity index (χ1) is 7.63. The molecule has 2 aromatic heterocycles. The third kappa shape index (κ3) is 1.88. The van der Waals surface area contributed by atoms with Crippen LogP contribution < -0.4 is 5.56 Å². The highest BCUT2D eigenvalue weighted by atomic mass is 79.9. The first kappa shape index (κ1) is 11.3. The number of carbonyl (C=O) groups excluding carboxylic acids is 1. The lowest BCUT2D eigenvalue weighted by Crippen LogP contribution is -2.23. The number of esters is 1. The van der Waals surface area contributed by atoms with Crippen molar-refractivity contribution in [2.75, 3.05) is 6.61 Å². The Morgan fingerprint density at radius 3 is 3.12 bits per heavy atom. The maximum atomic E-state index is 11.9. The van der Waals surface area contributed by atoms with Crippen LogP contribution >= 0.6 is 27.3 Å². The van der Waals surface area contributed by atoms with Gasteiger partial charge in [0.05, 0.1) is 16.6 Å². The molecule has 0 aliphatic rings. The molecule has 0 radical (unpaired) electrons. The van der Waals surface area contributed by atoms with Crippen LogP contribution in [0.2, 0.25) is 0 Å². The Morgan fingerprint density at radius 2 is 2.44 bits per heavy atom. The third-order valence-corrected chi connectivity index (χ3v) is 3.35. The Kier molecular flexibility index (Phi) is 3.06. The lowest BCUT2D eigenvalue weighted by atomic mass is 10.3. The summed E-state index contributed by atoms with van der Waals surface area (Å²) in [6.07, 6.45) is 2.83.